The van der Waals surface area contributed by atoms with Gasteiger partial charge < -0.3 is 10.4 Å². The quantitative estimate of drug-likeness (QED) is 0.776. The Kier molecular flexibility index (Phi) is 3.27. The molecule has 0 amide bonds. The van der Waals surface area contributed by atoms with Gasteiger partial charge in [0.05, 0.1) is 11.4 Å². The average Bonchev–Trinajstić information content (AvgIpc) is 2.70. The average molecular weight is 249 g/mol. The fraction of sp³-hybridized carbons (Fsp3) is 0.167. The van der Waals surface area contributed by atoms with Crippen molar-refractivity contribution in [1.82, 2.24) is 10.2 Å². The second-order valence-electron chi connectivity index (χ2n) is 3.84. The second-order valence-corrected chi connectivity index (χ2v) is 3.84. The predicted molar refractivity (Wildman–Crippen MR) is 64.0 cm³/mol. The molecule has 0 unspecified atom stereocenters. The zero-order chi connectivity index (χ0) is 13.1. The predicted octanol–water partition coefficient (Wildman–Crippen LogP) is 2.17. The van der Waals surface area contributed by atoms with Crippen molar-refractivity contribution in [1.29, 1.82) is 0 Å². The maximum atomic E-state index is 12.7. The number of aryl methyl sites for hydroxylation is 1. The van der Waals surface area contributed by atoms with Gasteiger partial charge in [-0.25, -0.2) is 9.18 Å². The van der Waals surface area contributed by atoms with Gasteiger partial charge in [0.25, 0.3) is 0 Å². The van der Waals surface area contributed by atoms with Crippen LogP contribution in [0, 0.1) is 12.7 Å². The normalized spacial score (nSPS) is 10.3. The maximum Gasteiger partial charge on any atom is 0.356 e. The number of rotatable bonds is 4. The van der Waals surface area contributed by atoms with Crippen LogP contribution in [0.15, 0.2) is 24.3 Å². The summed E-state index contributed by atoms with van der Waals surface area (Å²) in [5, 5.41) is 18.2. The Morgan fingerprint density at radius 3 is 2.72 bits per heavy atom. The minimum Gasteiger partial charge on any atom is -0.476 e. The van der Waals surface area contributed by atoms with Crippen LogP contribution in [-0.4, -0.2) is 21.3 Å². The van der Waals surface area contributed by atoms with Crippen molar-refractivity contribution in [3.05, 3.63) is 47.0 Å². The first-order chi connectivity index (χ1) is 8.58. The summed E-state index contributed by atoms with van der Waals surface area (Å²) in [7, 11) is 0. The van der Waals surface area contributed by atoms with Crippen LogP contribution in [0.4, 0.5) is 10.1 Å². The maximum absolute atomic E-state index is 12.7. The highest BCUT2D eigenvalue weighted by molar-refractivity contribution is 5.92. The molecule has 0 aliphatic rings. The molecule has 18 heavy (non-hydrogen) atoms. The second kappa shape index (κ2) is 4.87. The molecule has 0 aliphatic carbocycles. The minimum absolute atomic E-state index is 0.0228. The highest BCUT2D eigenvalue weighted by atomic mass is 19.1. The van der Waals surface area contributed by atoms with Crippen LogP contribution in [0.3, 0.4) is 0 Å². The lowest BCUT2D eigenvalue weighted by Crippen LogP contribution is -2.06. The third-order valence-corrected chi connectivity index (χ3v) is 2.54. The number of aromatic nitrogens is 2. The van der Waals surface area contributed by atoms with Crippen LogP contribution in [0.2, 0.25) is 0 Å². The molecule has 0 radical (unpaired) electrons. The first-order valence-corrected chi connectivity index (χ1v) is 5.34. The summed E-state index contributed by atoms with van der Waals surface area (Å²) in [5.74, 6) is -1.37. The van der Waals surface area contributed by atoms with Crippen molar-refractivity contribution in [3.8, 4) is 0 Å². The topological polar surface area (TPSA) is 78.0 Å². The lowest BCUT2D eigenvalue weighted by molar-refractivity contribution is 0.0691. The Hall–Kier alpha value is -2.37. The van der Waals surface area contributed by atoms with Crippen molar-refractivity contribution < 1.29 is 14.3 Å². The fourth-order valence-electron chi connectivity index (χ4n) is 1.60. The van der Waals surface area contributed by atoms with Gasteiger partial charge >= 0.3 is 5.97 Å². The first-order valence-electron chi connectivity index (χ1n) is 5.34. The number of carboxylic acids is 1. The van der Waals surface area contributed by atoms with Gasteiger partial charge in [-0.05, 0) is 24.6 Å². The number of nitrogens with zero attached hydrogens (tertiary/aromatic N) is 1. The summed E-state index contributed by atoms with van der Waals surface area (Å²) in [6, 6.07) is 5.99. The SMILES string of the molecule is Cc1n[nH]c(C(=O)O)c1NCc1ccc(F)cc1. The zero-order valence-electron chi connectivity index (χ0n) is 9.70. The lowest BCUT2D eigenvalue weighted by atomic mass is 10.2. The van der Waals surface area contributed by atoms with E-state index in [9.17, 15) is 9.18 Å². The molecular formula is C12H12FN3O2. The van der Waals surface area contributed by atoms with Gasteiger partial charge in [0, 0.05) is 6.54 Å². The van der Waals surface area contributed by atoms with Crippen LogP contribution in [0.5, 0.6) is 0 Å². The summed E-state index contributed by atoms with van der Waals surface area (Å²) in [6.45, 7) is 2.11. The minimum atomic E-state index is -1.07. The standard InChI is InChI=1S/C12H12FN3O2/c1-7-10(11(12(17)18)16-15-7)14-6-8-2-4-9(13)5-3-8/h2-5,14H,6H2,1H3,(H,15,16)(H,17,18). The Balaban J connectivity index is 2.12. The van der Waals surface area contributed by atoms with E-state index in [0.717, 1.165) is 5.56 Å². The number of aromatic amines is 1. The van der Waals surface area contributed by atoms with Crippen LogP contribution >= 0.6 is 0 Å². The van der Waals surface area contributed by atoms with E-state index >= 15 is 0 Å². The third kappa shape index (κ3) is 2.48. The number of aromatic carboxylic acids is 1. The smallest absolute Gasteiger partial charge is 0.356 e. The van der Waals surface area contributed by atoms with Gasteiger partial charge in [0.15, 0.2) is 5.69 Å². The molecule has 0 saturated heterocycles. The molecule has 0 bridgehead atoms. The van der Waals surface area contributed by atoms with Crippen LogP contribution in [-0.2, 0) is 6.54 Å². The summed E-state index contributed by atoms with van der Waals surface area (Å²) < 4.78 is 12.7. The molecule has 1 aromatic carbocycles. The fourth-order valence-corrected chi connectivity index (χ4v) is 1.60. The molecule has 5 nitrogen and oxygen atoms in total. The van der Waals surface area contributed by atoms with Crippen molar-refractivity contribution in [3.63, 3.8) is 0 Å². The van der Waals surface area contributed by atoms with Crippen molar-refractivity contribution >= 4 is 11.7 Å². The molecule has 6 heteroatoms. The zero-order valence-corrected chi connectivity index (χ0v) is 9.70. The van der Waals surface area contributed by atoms with Crippen LogP contribution < -0.4 is 5.32 Å². The summed E-state index contributed by atoms with van der Waals surface area (Å²) in [6.07, 6.45) is 0. The van der Waals surface area contributed by atoms with Gasteiger partial charge in [0.2, 0.25) is 0 Å². The molecule has 0 saturated carbocycles. The van der Waals surface area contributed by atoms with Gasteiger partial charge in [-0.15, -0.1) is 0 Å². The molecule has 0 fully saturated rings. The Bertz CT molecular complexity index is 563. The van der Waals surface area contributed by atoms with E-state index in [1.807, 2.05) is 0 Å². The molecule has 3 N–H and O–H groups in total. The van der Waals surface area contributed by atoms with Crippen molar-refractivity contribution in [2.75, 3.05) is 5.32 Å². The monoisotopic (exact) mass is 249 g/mol. The molecule has 1 heterocycles. The number of halogens is 1. The van der Waals surface area contributed by atoms with Gasteiger partial charge in [0.1, 0.15) is 5.82 Å². The van der Waals surface area contributed by atoms with E-state index in [0.29, 0.717) is 17.9 Å². The number of carboxylic acid groups (broad SMARTS) is 1. The highest BCUT2D eigenvalue weighted by Crippen LogP contribution is 2.18. The molecule has 2 aromatic rings. The van der Waals surface area contributed by atoms with Gasteiger partial charge in [-0.2, -0.15) is 5.10 Å². The molecule has 2 rings (SSSR count). The van der Waals surface area contributed by atoms with E-state index in [1.54, 1.807) is 19.1 Å². The molecular weight excluding hydrogens is 237 g/mol. The summed E-state index contributed by atoms with van der Waals surface area (Å²) >= 11 is 0. The van der Waals surface area contributed by atoms with Crippen LogP contribution in [0.25, 0.3) is 0 Å². The molecule has 94 valence electrons. The number of nitrogens with one attached hydrogen (secondary N) is 2. The first kappa shape index (κ1) is 12.1. The number of H-pyrrole nitrogens is 1. The van der Waals surface area contributed by atoms with Crippen LogP contribution in [0.1, 0.15) is 21.7 Å². The number of carbonyl (C=O) groups is 1. The Labute approximate surface area is 103 Å². The summed E-state index contributed by atoms with van der Waals surface area (Å²) in [5.41, 5.74) is 1.91. The van der Waals surface area contributed by atoms with E-state index in [1.165, 1.54) is 12.1 Å². The van der Waals surface area contributed by atoms with E-state index in [2.05, 4.69) is 15.5 Å². The Morgan fingerprint density at radius 1 is 1.44 bits per heavy atom. The largest absolute Gasteiger partial charge is 0.476 e. The molecule has 0 atom stereocenters. The van der Waals surface area contributed by atoms with Crippen molar-refractivity contribution in [2.45, 2.75) is 13.5 Å². The van der Waals surface area contributed by atoms with E-state index in [4.69, 9.17) is 5.11 Å². The molecule has 0 spiro atoms. The van der Waals surface area contributed by atoms with E-state index in [-0.39, 0.29) is 11.5 Å². The number of anilines is 1. The van der Waals surface area contributed by atoms with Gasteiger partial charge in [-0.3, -0.25) is 5.10 Å². The third-order valence-electron chi connectivity index (χ3n) is 2.54. The van der Waals surface area contributed by atoms with Gasteiger partial charge in [-0.1, -0.05) is 12.1 Å². The summed E-state index contributed by atoms with van der Waals surface area (Å²) in [4.78, 5) is 10.9. The van der Waals surface area contributed by atoms with E-state index < -0.39 is 5.97 Å². The highest BCUT2D eigenvalue weighted by Gasteiger charge is 2.15. The number of benzene rings is 1. The Morgan fingerprint density at radius 2 is 2.11 bits per heavy atom. The number of hydrogen-bond acceptors (Lipinski definition) is 3. The molecule has 1 aromatic heterocycles. The number of hydrogen-bond donors (Lipinski definition) is 3. The lowest BCUT2D eigenvalue weighted by Gasteiger charge is -2.06. The van der Waals surface area contributed by atoms with Crippen molar-refractivity contribution in [2.24, 2.45) is 0 Å². The molecule has 0 aliphatic heterocycles.